The molecule has 1 aromatic heterocycles. The maximum atomic E-state index is 13.6. The standard InChI is InChI=1S/C29H28ClN3O3/c1-20-27(19-32(18-21-8-9-21)28(34)22-10-12-23(30)13-11-22)29(33(31-20)24-6-4-3-5-7-24)36-26-16-14-25(35-2)15-17-26/h3-7,10-17,21H,8-9,18-19H2,1-2H3. The van der Waals surface area contributed by atoms with E-state index in [1.165, 1.54) is 0 Å². The number of carbonyl (C=O) groups excluding carboxylic acids is 1. The van der Waals surface area contributed by atoms with Crippen LogP contribution in [0, 0.1) is 12.8 Å². The molecule has 5 rings (SSSR count). The minimum absolute atomic E-state index is 0.0270. The van der Waals surface area contributed by atoms with Crippen molar-refractivity contribution in [2.75, 3.05) is 13.7 Å². The van der Waals surface area contributed by atoms with Crippen LogP contribution in [-0.4, -0.2) is 34.2 Å². The summed E-state index contributed by atoms with van der Waals surface area (Å²) in [5.74, 6) is 2.50. The molecule has 0 N–H and O–H groups in total. The number of benzene rings is 3. The Balaban J connectivity index is 1.52. The second-order valence-electron chi connectivity index (χ2n) is 9.03. The molecule has 0 unspecified atom stereocenters. The number of rotatable bonds is 9. The number of carbonyl (C=O) groups is 1. The number of amides is 1. The summed E-state index contributed by atoms with van der Waals surface area (Å²) in [5.41, 5.74) is 3.18. The number of aryl methyl sites for hydroxylation is 1. The molecule has 3 aromatic carbocycles. The fraction of sp³-hybridized carbons (Fsp3) is 0.241. The smallest absolute Gasteiger partial charge is 0.254 e. The fourth-order valence-electron chi connectivity index (χ4n) is 4.12. The number of aromatic nitrogens is 2. The normalized spacial score (nSPS) is 12.9. The van der Waals surface area contributed by atoms with Gasteiger partial charge in [-0.2, -0.15) is 5.10 Å². The summed E-state index contributed by atoms with van der Waals surface area (Å²) in [5, 5.41) is 5.42. The molecule has 0 spiro atoms. The highest BCUT2D eigenvalue weighted by molar-refractivity contribution is 6.30. The molecule has 1 amide bonds. The van der Waals surface area contributed by atoms with Crippen molar-refractivity contribution < 1.29 is 14.3 Å². The van der Waals surface area contributed by atoms with Gasteiger partial charge in [0.1, 0.15) is 11.5 Å². The van der Waals surface area contributed by atoms with Gasteiger partial charge in [-0.1, -0.05) is 29.8 Å². The van der Waals surface area contributed by atoms with Crippen molar-refractivity contribution in [3.8, 4) is 23.1 Å². The number of hydrogen-bond donors (Lipinski definition) is 0. The molecule has 7 heteroatoms. The molecule has 6 nitrogen and oxygen atoms in total. The summed E-state index contributed by atoms with van der Waals surface area (Å²) < 4.78 is 13.5. The van der Waals surface area contributed by atoms with Crippen molar-refractivity contribution in [3.63, 3.8) is 0 Å². The second-order valence-corrected chi connectivity index (χ2v) is 9.47. The zero-order chi connectivity index (χ0) is 25.1. The Bertz CT molecular complexity index is 1330. The molecule has 0 bridgehead atoms. The first-order valence-corrected chi connectivity index (χ1v) is 12.4. The first-order valence-electron chi connectivity index (χ1n) is 12.0. The third kappa shape index (κ3) is 5.39. The lowest BCUT2D eigenvalue weighted by Crippen LogP contribution is -2.32. The van der Waals surface area contributed by atoms with Crippen molar-refractivity contribution in [1.29, 1.82) is 0 Å². The summed E-state index contributed by atoms with van der Waals surface area (Å²) in [6.07, 6.45) is 2.28. The maximum absolute atomic E-state index is 13.6. The van der Waals surface area contributed by atoms with E-state index >= 15 is 0 Å². The average molecular weight is 502 g/mol. The number of para-hydroxylation sites is 1. The van der Waals surface area contributed by atoms with E-state index in [1.54, 1.807) is 36.1 Å². The molecule has 0 atom stereocenters. The molecule has 184 valence electrons. The molecule has 0 radical (unpaired) electrons. The summed E-state index contributed by atoms with van der Waals surface area (Å²) in [4.78, 5) is 15.5. The lowest BCUT2D eigenvalue weighted by atomic mass is 10.1. The van der Waals surface area contributed by atoms with Gasteiger partial charge in [-0.3, -0.25) is 4.79 Å². The van der Waals surface area contributed by atoms with Gasteiger partial charge >= 0.3 is 0 Å². The van der Waals surface area contributed by atoms with Crippen LogP contribution in [-0.2, 0) is 6.54 Å². The van der Waals surface area contributed by atoms with E-state index in [1.807, 2.05) is 66.4 Å². The van der Waals surface area contributed by atoms with Crippen LogP contribution in [0.1, 0.15) is 34.5 Å². The number of ether oxygens (including phenoxy) is 2. The van der Waals surface area contributed by atoms with Gasteiger partial charge in [0, 0.05) is 17.1 Å². The van der Waals surface area contributed by atoms with Gasteiger partial charge in [0.2, 0.25) is 5.88 Å². The van der Waals surface area contributed by atoms with Gasteiger partial charge in [-0.15, -0.1) is 0 Å². The molecule has 1 heterocycles. The maximum Gasteiger partial charge on any atom is 0.254 e. The Morgan fingerprint density at radius 2 is 1.67 bits per heavy atom. The van der Waals surface area contributed by atoms with E-state index in [2.05, 4.69) is 0 Å². The van der Waals surface area contributed by atoms with Crippen molar-refractivity contribution in [2.24, 2.45) is 5.92 Å². The number of hydrogen-bond acceptors (Lipinski definition) is 4. The molecule has 0 saturated heterocycles. The number of halogens is 1. The monoisotopic (exact) mass is 501 g/mol. The minimum Gasteiger partial charge on any atom is -0.497 e. The van der Waals surface area contributed by atoms with E-state index < -0.39 is 0 Å². The first kappa shape index (κ1) is 23.9. The second kappa shape index (κ2) is 10.5. The van der Waals surface area contributed by atoms with E-state index in [0.717, 1.165) is 35.5 Å². The Kier molecular flexibility index (Phi) is 6.96. The molecule has 1 aliphatic rings. The van der Waals surface area contributed by atoms with Gasteiger partial charge in [-0.05, 0) is 86.3 Å². The van der Waals surface area contributed by atoms with Crippen LogP contribution in [0.5, 0.6) is 17.4 Å². The van der Waals surface area contributed by atoms with E-state index in [9.17, 15) is 4.79 Å². The Morgan fingerprint density at radius 1 is 1.00 bits per heavy atom. The lowest BCUT2D eigenvalue weighted by molar-refractivity contribution is 0.0733. The van der Waals surface area contributed by atoms with Crippen LogP contribution in [0.4, 0.5) is 0 Å². The summed E-state index contributed by atoms with van der Waals surface area (Å²) >= 11 is 6.06. The Hall–Kier alpha value is -3.77. The quantitative estimate of drug-likeness (QED) is 0.256. The zero-order valence-corrected chi connectivity index (χ0v) is 21.1. The van der Waals surface area contributed by atoms with Crippen molar-refractivity contribution in [2.45, 2.75) is 26.3 Å². The van der Waals surface area contributed by atoms with Crippen LogP contribution in [0.15, 0.2) is 78.9 Å². The highest BCUT2D eigenvalue weighted by Gasteiger charge is 2.30. The SMILES string of the molecule is COc1ccc(Oc2c(CN(CC3CC3)C(=O)c3ccc(Cl)cc3)c(C)nn2-c2ccccc2)cc1. The van der Waals surface area contributed by atoms with Crippen LogP contribution in [0.25, 0.3) is 5.69 Å². The molecular weight excluding hydrogens is 474 g/mol. The molecule has 1 fully saturated rings. The van der Waals surface area contributed by atoms with E-state index in [-0.39, 0.29) is 5.91 Å². The molecular formula is C29H28ClN3O3. The summed E-state index contributed by atoms with van der Waals surface area (Å²) in [7, 11) is 1.63. The van der Waals surface area contributed by atoms with Crippen molar-refractivity contribution in [3.05, 3.63) is 101 Å². The van der Waals surface area contributed by atoms with E-state index in [4.69, 9.17) is 26.2 Å². The van der Waals surface area contributed by atoms with Gasteiger partial charge in [-0.25, -0.2) is 4.68 Å². The van der Waals surface area contributed by atoms with Gasteiger partial charge in [0.15, 0.2) is 0 Å². The Morgan fingerprint density at radius 3 is 2.31 bits per heavy atom. The number of methoxy groups -OCH3 is 1. The van der Waals surface area contributed by atoms with Crippen molar-refractivity contribution in [1.82, 2.24) is 14.7 Å². The van der Waals surface area contributed by atoms with Crippen LogP contribution >= 0.6 is 11.6 Å². The predicted molar refractivity (Wildman–Crippen MR) is 140 cm³/mol. The predicted octanol–water partition coefficient (Wildman–Crippen LogP) is 6.69. The van der Waals surface area contributed by atoms with Gasteiger partial charge in [0.25, 0.3) is 5.91 Å². The highest BCUT2D eigenvalue weighted by Crippen LogP contribution is 2.35. The first-order chi connectivity index (χ1) is 17.5. The average Bonchev–Trinajstić information content (AvgIpc) is 3.68. The fourth-order valence-corrected chi connectivity index (χ4v) is 4.25. The van der Waals surface area contributed by atoms with Crippen LogP contribution in [0.3, 0.4) is 0 Å². The van der Waals surface area contributed by atoms with E-state index in [0.29, 0.717) is 41.2 Å². The van der Waals surface area contributed by atoms with Gasteiger partial charge in [0.05, 0.1) is 30.6 Å². The largest absolute Gasteiger partial charge is 0.497 e. The van der Waals surface area contributed by atoms with Crippen LogP contribution in [0.2, 0.25) is 5.02 Å². The molecule has 36 heavy (non-hydrogen) atoms. The molecule has 1 aliphatic carbocycles. The third-order valence-corrected chi connectivity index (χ3v) is 6.57. The van der Waals surface area contributed by atoms with Crippen LogP contribution < -0.4 is 9.47 Å². The number of nitrogens with zero attached hydrogens (tertiary/aromatic N) is 3. The topological polar surface area (TPSA) is 56.6 Å². The third-order valence-electron chi connectivity index (χ3n) is 6.31. The zero-order valence-electron chi connectivity index (χ0n) is 20.4. The van der Waals surface area contributed by atoms with Crippen molar-refractivity contribution >= 4 is 17.5 Å². The highest BCUT2D eigenvalue weighted by atomic mass is 35.5. The molecule has 0 aliphatic heterocycles. The summed E-state index contributed by atoms with van der Waals surface area (Å²) in [6.45, 7) is 3.04. The Labute approximate surface area is 216 Å². The lowest BCUT2D eigenvalue weighted by Gasteiger charge is -2.23. The molecule has 1 saturated carbocycles. The van der Waals surface area contributed by atoms with Gasteiger partial charge < -0.3 is 14.4 Å². The minimum atomic E-state index is -0.0270. The molecule has 4 aromatic rings. The summed E-state index contributed by atoms with van der Waals surface area (Å²) in [6, 6.07) is 24.4.